The van der Waals surface area contributed by atoms with Crippen LogP contribution in [-0.2, 0) is 5.41 Å². The molecule has 0 bridgehead atoms. The van der Waals surface area contributed by atoms with Crippen LogP contribution in [0.1, 0.15) is 108 Å². The molecule has 7 unspecified atom stereocenters. The van der Waals surface area contributed by atoms with Crippen molar-refractivity contribution in [2.24, 2.45) is 46.3 Å². The zero-order valence-corrected chi connectivity index (χ0v) is 31.4. The maximum atomic E-state index is 6.30. The van der Waals surface area contributed by atoms with Crippen LogP contribution in [0.25, 0.3) is 0 Å². The molecular formula is C48H58O2. The van der Waals surface area contributed by atoms with E-state index in [4.69, 9.17) is 9.47 Å². The largest absolute Gasteiger partial charge is 0.457 e. The van der Waals surface area contributed by atoms with Crippen LogP contribution >= 0.6 is 0 Å². The van der Waals surface area contributed by atoms with Gasteiger partial charge in [-0.3, -0.25) is 0 Å². The van der Waals surface area contributed by atoms with E-state index >= 15 is 0 Å². The molecule has 50 heavy (non-hydrogen) atoms. The molecule has 4 aromatic carbocycles. The normalized spacial score (nSPS) is 31.4. The van der Waals surface area contributed by atoms with Gasteiger partial charge in [-0.2, -0.15) is 0 Å². The van der Waals surface area contributed by atoms with Crippen molar-refractivity contribution in [3.05, 3.63) is 119 Å². The summed E-state index contributed by atoms with van der Waals surface area (Å²) < 4.78 is 12.6. The quantitative estimate of drug-likeness (QED) is 0.195. The third-order valence-electron chi connectivity index (χ3n) is 15.0. The number of ether oxygens (including phenoxy) is 2. The number of benzene rings is 4. The Hall–Kier alpha value is -3.52. The van der Waals surface area contributed by atoms with Gasteiger partial charge in [-0.15, -0.1) is 0 Å². The average Bonchev–Trinajstić information content (AvgIpc) is 3.48. The summed E-state index contributed by atoms with van der Waals surface area (Å²) in [4.78, 5) is 0. The zero-order chi connectivity index (χ0) is 34.7. The van der Waals surface area contributed by atoms with Crippen LogP contribution < -0.4 is 9.47 Å². The van der Waals surface area contributed by atoms with E-state index in [2.05, 4.69) is 139 Å². The summed E-state index contributed by atoms with van der Waals surface area (Å²) in [6.45, 7) is 14.6. The van der Waals surface area contributed by atoms with Gasteiger partial charge in [0.05, 0.1) is 0 Å². The van der Waals surface area contributed by atoms with Crippen LogP contribution in [-0.4, -0.2) is 0 Å². The molecule has 7 atom stereocenters. The Morgan fingerprint density at radius 2 is 1.00 bits per heavy atom. The summed E-state index contributed by atoms with van der Waals surface area (Å²) in [5, 5.41) is 0. The molecule has 4 aliphatic rings. The SMILES string of the molecule is Cc1ccc(Oc2ccc(C3(c4ccc(Oc5ccc(C)cc5)cc4)CCC4(C)C(CCC5C4CCC4(C)C(C(C)C)CCC54)C3)cc2)cc1. The monoisotopic (exact) mass is 666 g/mol. The number of hydrogen-bond donors (Lipinski definition) is 0. The van der Waals surface area contributed by atoms with Gasteiger partial charge in [0.25, 0.3) is 0 Å². The molecule has 2 nitrogen and oxygen atoms in total. The van der Waals surface area contributed by atoms with Crippen LogP contribution in [0.5, 0.6) is 23.0 Å². The minimum atomic E-state index is -0.0267. The molecule has 0 amide bonds. The Morgan fingerprint density at radius 1 is 0.520 bits per heavy atom. The van der Waals surface area contributed by atoms with Gasteiger partial charge in [-0.05, 0) is 178 Å². The number of hydrogen-bond acceptors (Lipinski definition) is 2. The first-order valence-electron chi connectivity index (χ1n) is 19.8. The maximum Gasteiger partial charge on any atom is 0.127 e. The topological polar surface area (TPSA) is 18.5 Å². The molecule has 0 spiro atoms. The summed E-state index contributed by atoms with van der Waals surface area (Å²) >= 11 is 0. The number of rotatable bonds is 7. The Balaban J connectivity index is 1.09. The van der Waals surface area contributed by atoms with E-state index in [1.54, 1.807) is 0 Å². The molecule has 0 saturated heterocycles. The van der Waals surface area contributed by atoms with Gasteiger partial charge in [-0.1, -0.05) is 87.4 Å². The fourth-order valence-electron chi connectivity index (χ4n) is 12.3. The molecule has 8 rings (SSSR count). The highest BCUT2D eigenvalue weighted by molar-refractivity contribution is 5.46. The Bertz CT molecular complexity index is 1680. The van der Waals surface area contributed by atoms with Crippen molar-refractivity contribution in [3.8, 4) is 23.0 Å². The van der Waals surface area contributed by atoms with Crippen molar-refractivity contribution in [2.75, 3.05) is 0 Å². The smallest absolute Gasteiger partial charge is 0.127 e. The van der Waals surface area contributed by atoms with Gasteiger partial charge in [0, 0.05) is 5.41 Å². The van der Waals surface area contributed by atoms with Gasteiger partial charge in [0.2, 0.25) is 0 Å². The van der Waals surface area contributed by atoms with E-state index in [1.165, 1.54) is 80.0 Å². The van der Waals surface area contributed by atoms with Gasteiger partial charge in [-0.25, -0.2) is 0 Å². The molecule has 4 aliphatic carbocycles. The minimum Gasteiger partial charge on any atom is -0.457 e. The highest BCUT2D eigenvalue weighted by atomic mass is 16.5. The minimum absolute atomic E-state index is 0.0267. The molecule has 4 saturated carbocycles. The second kappa shape index (κ2) is 12.9. The van der Waals surface area contributed by atoms with E-state index in [1.807, 2.05) is 0 Å². The van der Waals surface area contributed by atoms with Gasteiger partial charge in [0.15, 0.2) is 0 Å². The molecule has 4 fully saturated rings. The fourth-order valence-corrected chi connectivity index (χ4v) is 12.3. The predicted molar refractivity (Wildman–Crippen MR) is 206 cm³/mol. The third-order valence-corrected chi connectivity index (χ3v) is 15.0. The summed E-state index contributed by atoms with van der Waals surface area (Å²) in [5.74, 6) is 8.75. The number of aryl methyl sites for hydroxylation is 2. The van der Waals surface area contributed by atoms with Crippen LogP contribution in [0.3, 0.4) is 0 Å². The van der Waals surface area contributed by atoms with Gasteiger partial charge >= 0.3 is 0 Å². The third kappa shape index (κ3) is 5.79. The lowest BCUT2D eigenvalue weighted by Gasteiger charge is -2.63. The molecule has 0 radical (unpaired) electrons. The lowest BCUT2D eigenvalue weighted by atomic mass is 9.42. The standard InChI is InChI=1S/C48H58O2/c1-32(2)43-25-26-44-42-24-15-37-31-48(30-29-46(37,5)45(42)27-28-47(43,44)6,35-11-20-40(21-12-35)49-38-16-7-33(3)8-17-38)36-13-22-41(23-14-36)50-39-18-9-34(4)10-19-39/h7-14,16-23,32,37,42-45H,15,24-31H2,1-6H3. The highest BCUT2D eigenvalue weighted by Crippen LogP contribution is 2.70. The lowest BCUT2D eigenvalue weighted by molar-refractivity contribution is -0.121. The second-order valence-corrected chi connectivity index (χ2v) is 17.8. The first-order chi connectivity index (χ1) is 24.1. The summed E-state index contributed by atoms with van der Waals surface area (Å²) in [5.41, 5.74) is 6.30. The van der Waals surface area contributed by atoms with Crippen LogP contribution in [0.4, 0.5) is 0 Å². The van der Waals surface area contributed by atoms with Crippen LogP contribution in [0.15, 0.2) is 97.1 Å². The Morgan fingerprint density at radius 3 is 1.50 bits per heavy atom. The fraction of sp³-hybridized carbons (Fsp3) is 0.500. The van der Waals surface area contributed by atoms with Crippen molar-refractivity contribution in [2.45, 2.75) is 105 Å². The molecule has 0 N–H and O–H groups in total. The average molecular weight is 667 g/mol. The summed E-state index contributed by atoms with van der Waals surface area (Å²) in [7, 11) is 0. The van der Waals surface area contributed by atoms with Crippen molar-refractivity contribution in [1.82, 2.24) is 0 Å². The van der Waals surface area contributed by atoms with Crippen molar-refractivity contribution in [1.29, 1.82) is 0 Å². The molecule has 4 aromatic rings. The summed E-state index contributed by atoms with van der Waals surface area (Å²) in [6.07, 6.45) is 12.3. The second-order valence-electron chi connectivity index (χ2n) is 17.8. The van der Waals surface area contributed by atoms with Gasteiger partial charge < -0.3 is 9.47 Å². The Kier molecular flexibility index (Phi) is 8.68. The zero-order valence-electron chi connectivity index (χ0n) is 31.4. The molecule has 0 heterocycles. The van der Waals surface area contributed by atoms with E-state index in [9.17, 15) is 0 Å². The van der Waals surface area contributed by atoms with Crippen molar-refractivity contribution < 1.29 is 9.47 Å². The van der Waals surface area contributed by atoms with E-state index in [-0.39, 0.29) is 5.41 Å². The lowest BCUT2D eigenvalue weighted by Crippen LogP contribution is -2.55. The van der Waals surface area contributed by atoms with Crippen LogP contribution in [0, 0.1) is 60.2 Å². The highest BCUT2D eigenvalue weighted by Gasteiger charge is 2.61. The van der Waals surface area contributed by atoms with Gasteiger partial charge in [0.1, 0.15) is 23.0 Å². The van der Waals surface area contributed by atoms with Crippen molar-refractivity contribution >= 4 is 0 Å². The van der Waals surface area contributed by atoms with E-state index in [0.717, 1.165) is 58.5 Å². The van der Waals surface area contributed by atoms with E-state index < -0.39 is 0 Å². The molecule has 0 aliphatic heterocycles. The van der Waals surface area contributed by atoms with Crippen molar-refractivity contribution in [3.63, 3.8) is 0 Å². The molecule has 2 heteroatoms. The maximum absolute atomic E-state index is 6.30. The Labute approximate surface area is 302 Å². The summed E-state index contributed by atoms with van der Waals surface area (Å²) in [6, 6.07) is 34.9. The predicted octanol–water partition coefficient (Wildman–Crippen LogP) is 13.5. The number of fused-ring (bicyclic) bond motifs is 5. The molecular weight excluding hydrogens is 609 g/mol. The first kappa shape index (κ1) is 33.6. The molecule has 0 aromatic heterocycles. The first-order valence-corrected chi connectivity index (χ1v) is 19.8. The van der Waals surface area contributed by atoms with E-state index in [0.29, 0.717) is 10.8 Å². The molecule has 262 valence electrons. The van der Waals surface area contributed by atoms with Crippen LogP contribution in [0.2, 0.25) is 0 Å².